The molecule has 1 aromatic heterocycles. The average molecular weight is 441 g/mol. The summed E-state index contributed by atoms with van der Waals surface area (Å²) in [5.41, 5.74) is -0.276. The van der Waals surface area contributed by atoms with Crippen molar-refractivity contribution in [3.05, 3.63) is 34.6 Å². The first-order valence-corrected chi connectivity index (χ1v) is 11.9. The highest BCUT2D eigenvalue weighted by atomic mass is 32.2. The van der Waals surface area contributed by atoms with Crippen LogP contribution < -0.4 is 10.9 Å². The maximum Gasteiger partial charge on any atom is 0.262 e. The monoisotopic (exact) mass is 440 g/mol. The predicted molar refractivity (Wildman–Crippen MR) is 120 cm³/mol. The largest absolute Gasteiger partial charge is 0.376 e. The van der Waals surface area contributed by atoms with Crippen LogP contribution in [0.1, 0.15) is 51.9 Å². The highest BCUT2D eigenvalue weighted by Gasteiger charge is 2.35. The number of benzene rings is 1. The van der Waals surface area contributed by atoms with Gasteiger partial charge in [0.15, 0.2) is 5.16 Å². The number of rotatable bonds is 6. The smallest absolute Gasteiger partial charge is 0.262 e. The quantitative estimate of drug-likeness (QED) is 0.546. The maximum atomic E-state index is 13.2. The lowest BCUT2D eigenvalue weighted by atomic mass is 9.83. The van der Waals surface area contributed by atoms with Gasteiger partial charge in [-0.2, -0.15) is 5.26 Å². The van der Waals surface area contributed by atoms with Crippen LogP contribution in [-0.2, 0) is 16.1 Å². The number of aromatic nitrogens is 2. The van der Waals surface area contributed by atoms with E-state index in [0.717, 1.165) is 32.1 Å². The lowest BCUT2D eigenvalue weighted by molar-refractivity contribution is -0.121. The molecule has 8 heteroatoms. The minimum absolute atomic E-state index is 0.0201. The van der Waals surface area contributed by atoms with Gasteiger partial charge in [0.1, 0.15) is 5.54 Å². The minimum Gasteiger partial charge on any atom is -0.376 e. The van der Waals surface area contributed by atoms with Gasteiger partial charge in [-0.25, -0.2) is 4.98 Å². The summed E-state index contributed by atoms with van der Waals surface area (Å²) in [7, 11) is 0. The number of carbonyl (C=O) groups is 1. The van der Waals surface area contributed by atoms with Crippen molar-refractivity contribution >= 4 is 28.6 Å². The van der Waals surface area contributed by atoms with E-state index in [1.165, 1.54) is 11.8 Å². The Kier molecular flexibility index (Phi) is 6.63. The van der Waals surface area contributed by atoms with Crippen molar-refractivity contribution in [2.75, 3.05) is 6.61 Å². The molecule has 2 aliphatic rings. The second-order valence-electron chi connectivity index (χ2n) is 8.47. The number of ether oxygens (including phenoxy) is 1. The molecule has 2 atom stereocenters. The van der Waals surface area contributed by atoms with Crippen LogP contribution in [0.3, 0.4) is 0 Å². The molecule has 2 unspecified atom stereocenters. The van der Waals surface area contributed by atoms with Crippen molar-refractivity contribution in [3.8, 4) is 6.07 Å². The highest BCUT2D eigenvalue weighted by Crippen LogP contribution is 2.29. The number of thioether (sulfide) groups is 1. The van der Waals surface area contributed by atoms with E-state index < -0.39 is 10.8 Å². The zero-order valence-electron chi connectivity index (χ0n) is 17.8. The van der Waals surface area contributed by atoms with E-state index in [-0.39, 0.29) is 17.6 Å². The molecule has 1 saturated carbocycles. The Morgan fingerprint density at radius 2 is 2.13 bits per heavy atom. The van der Waals surface area contributed by atoms with Crippen LogP contribution in [0, 0.1) is 11.3 Å². The zero-order chi connectivity index (χ0) is 21.8. The standard InChI is InChI=1S/C23H28N4O3S/c1-16(20(28)26-23(15-24)11-5-2-6-12-23)31-22-25-19-10-4-3-9-18(19)21(29)27(22)14-17-8-7-13-30-17/h3-4,9-10,16-17H,2,5-8,11-14H2,1H3,(H,26,28). The second-order valence-corrected chi connectivity index (χ2v) is 9.77. The van der Waals surface area contributed by atoms with Gasteiger partial charge in [0.25, 0.3) is 5.56 Å². The van der Waals surface area contributed by atoms with E-state index >= 15 is 0 Å². The normalized spacial score (nSPS) is 21.5. The summed E-state index contributed by atoms with van der Waals surface area (Å²) < 4.78 is 7.39. The van der Waals surface area contributed by atoms with Crippen molar-refractivity contribution in [2.24, 2.45) is 0 Å². The molecule has 2 aromatic rings. The van der Waals surface area contributed by atoms with Crippen LogP contribution >= 0.6 is 11.8 Å². The molecule has 7 nitrogen and oxygen atoms in total. The Morgan fingerprint density at radius 3 is 2.84 bits per heavy atom. The van der Waals surface area contributed by atoms with Crippen LogP contribution in [0.4, 0.5) is 0 Å². The van der Waals surface area contributed by atoms with Crippen molar-refractivity contribution in [2.45, 2.75) is 80.5 Å². The summed E-state index contributed by atoms with van der Waals surface area (Å²) in [4.78, 5) is 30.9. The summed E-state index contributed by atoms with van der Waals surface area (Å²) in [5, 5.41) is 13.2. The molecule has 1 aromatic carbocycles. The van der Waals surface area contributed by atoms with E-state index in [9.17, 15) is 14.9 Å². The number of amides is 1. The van der Waals surface area contributed by atoms with Crippen LogP contribution in [0.15, 0.2) is 34.2 Å². The number of carbonyl (C=O) groups excluding carboxylic acids is 1. The Balaban J connectivity index is 1.59. The third kappa shape index (κ3) is 4.78. The van der Waals surface area contributed by atoms with Gasteiger partial charge in [0.05, 0.1) is 34.9 Å². The molecule has 164 valence electrons. The van der Waals surface area contributed by atoms with Gasteiger partial charge in [-0.3, -0.25) is 14.2 Å². The number of nitriles is 1. The lowest BCUT2D eigenvalue weighted by Crippen LogP contribution is -2.51. The third-order valence-electron chi connectivity index (χ3n) is 6.17. The van der Waals surface area contributed by atoms with E-state index in [1.807, 2.05) is 18.2 Å². The molecule has 2 heterocycles. The molecule has 1 N–H and O–H groups in total. The van der Waals surface area contributed by atoms with E-state index in [2.05, 4.69) is 11.4 Å². The molecule has 1 amide bonds. The van der Waals surface area contributed by atoms with Crippen molar-refractivity contribution in [1.29, 1.82) is 5.26 Å². The van der Waals surface area contributed by atoms with Gasteiger partial charge < -0.3 is 10.1 Å². The summed E-state index contributed by atoms with van der Waals surface area (Å²) in [6.07, 6.45) is 6.23. The average Bonchev–Trinajstić information content (AvgIpc) is 3.30. The van der Waals surface area contributed by atoms with E-state index in [0.29, 0.717) is 42.1 Å². The number of para-hydroxylation sites is 1. The molecule has 4 rings (SSSR count). The summed E-state index contributed by atoms with van der Waals surface area (Å²) in [5.74, 6) is -0.195. The second kappa shape index (κ2) is 9.41. The van der Waals surface area contributed by atoms with Crippen LogP contribution in [0.5, 0.6) is 0 Å². The number of nitrogens with zero attached hydrogens (tertiary/aromatic N) is 3. The first kappa shape index (κ1) is 21.8. The molecule has 0 bridgehead atoms. The summed E-state index contributed by atoms with van der Waals surface area (Å²) in [6.45, 7) is 2.93. The first-order chi connectivity index (χ1) is 15.0. The van der Waals surface area contributed by atoms with E-state index in [1.54, 1.807) is 17.6 Å². The number of hydrogen-bond donors (Lipinski definition) is 1. The topological polar surface area (TPSA) is 97.0 Å². The molecule has 1 aliphatic carbocycles. The van der Waals surface area contributed by atoms with Crippen molar-refractivity contribution in [1.82, 2.24) is 14.9 Å². The molecule has 1 aliphatic heterocycles. The fraction of sp³-hybridized carbons (Fsp3) is 0.565. The van der Waals surface area contributed by atoms with Crippen molar-refractivity contribution < 1.29 is 9.53 Å². The molecule has 0 spiro atoms. The maximum absolute atomic E-state index is 13.2. The number of nitrogens with one attached hydrogen (secondary N) is 1. The van der Waals surface area contributed by atoms with Gasteiger partial charge in [-0.1, -0.05) is 43.2 Å². The van der Waals surface area contributed by atoms with Gasteiger partial charge in [0, 0.05) is 6.61 Å². The van der Waals surface area contributed by atoms with Crippen LogP contribution in [0.25, 0.3) is 10.9 Å². The van der Waals surface area contributed by atoms with Gasteiger partial charge in [0.2, 0.25) is 5.91 Å². The SMILES string of the molecule is CC(Sc1nc2ccccc2c(=O)n1CC1CCCO1)C(=O)NC1(C#N)CCCCC1. The summed E-state index contributed by atoms with van der Waals surface area (Å²) >= 11 is 1.26. The highest BCUT2D eigenvalue weighted by molar-refractivity contribution is 8.00. The van der Waals surface area contributed by atoms with Crippen LogP contribution in [-0.4, -0.2) is 39.0 Å². The first-order valence-electron chi connectivity index (χ1n) is 11.0. The molecule has 31 heavy (non-hydrogen) atoms. The number of hydrogen-bond acceptors (Lipinski definition) is 6. The van der Waals surface area contributed by atoms with Gasteiger partial charge in [-0.15, -0.1) is 0 Å². The minimum atomic E-state index is -0.779. The third-order valence-corrected chi connectivity index (χ3v) is 7.26. The number of fused-ring (bicyclic) bond motifs is 1. The Hall–Kier alpha value is -2.37. The fourth-order valence-electron chi connectivity index (χ4n) is 4.36. The fourth-order valence-corrected chi connectivity index (χ4v) is 5.28. The van der Waals surface area contributed by atoms with Crippen molar-refractivity contribution in [3.63, 3.8) is 0 Å². The molecule has 0 radical (unpaired) electrons. The zero-order valence-corrected chi connectivity index (χ0v) is 18.6. The Morgan fingerprint density at radius 1 is 1.35 bits per heavy atom. The molecule has 1 saturated heterocycles. The molecular formula is C23H28N4O3S. The molecule has 2 fully saturated rings. The molecular weight excluding hydrogens is 412 g/mol. The van der Waals surface area contributed by atoms with Gasteiger partial charge >= 0.3 is 0 Å². The lowest BCUT2D eigenvalue weighted by Gasteiger charge is -2.32. The Bertz CT molecular complexity index is 1050. The predicted octanol–water partition coefficient (Wildman–Crippen LogP) is 3.40. The van der Waals surface area contributed by atoms with E-state index in [4.69, 9.17) is 9.72 Å². The van der Waals surface area contributed by atoms with Gasteiger partial charge in [-0.05, 0) is 44.7 Å². The summed E-state index contributed by atoms with van der Waals surface area (Å²) in [6, 6.07) is 9.60. The Labute approximate surface area is 186 Å². The van der Waals surface area contributed by atoms with Crippen LogP contribution in [0.2, 0.25) is 0 Å².